The number of nitrogens with zero attached hydrogens (tertiary/aromatic N) is 2. The molecule has 0 amide bonds. The summed E-state index contributed by atoms with van der Waals surface area (Å²) < 4.78 is 5.62. The summed E-state index contributed by atoms with van der Waals surface area (Å²) in [7, 11) is 0. The van der Waals surface area contributed by atoms with E-state index in [-0.39, 0.29) is 0 Å². The molecule has 3 rings (SSSR count). The molecule has 92 valence electrons. The van der Waals surface area contributed by atoms with E-state index in [0.717, 1.165) is 18.9 Å². The summed E-state index contributed by atoms with van der Waals surface area (Å²) in [6.07, 6.45) is 3.39. The van der Waals surface area contributed by atoms with Crippen LogP contribution in [-0.4, -0.2) is 23.1 Å². The lowest BCUT2D eigenvalue weighted by Crippen LogP contribution is -2.40. The molecule has 1 fully saturated rings. The monoisotopic (exact) mass is 261 g/mol. The molecule has 0 saturated carbocycles. The van der Waals surface area contributed by atoms with Crippen LogP contribution in [0.1, 0.15) is 11.7 Å². The highest BCUT2D eigenvalue weighted by Crippen LogP contribution is 2.24. The van der Waals surface area contributed by atoms with Gasteiger partial charge in [0.05, 0.1) is 12.4 Å². The molecule has 5 heteroatoms. The van der Waals surface area contributed by atoms with E-state index in [1.165, 1.54) is 0 Å². The average molecular weight is 262 g/mol. The minimum Gasteiger partial charge on any atom is -0.454 e. The van der Waals surface area contributed by atoms with Crippen molar-refractivity contribution in [2.45, 2.75) is 5.92 Å². The molecule has 4 nitrogen and oxygen atoms in total. The van der Waals surface area contributed by atoms with Crippen molar-refractivity contribution in [2.24, 2.45) is 0 Å². The van der Waals surface area contributed by atoms with Gasteiger partial charge < -0.3 is 10.1 Å². The van der Waals surface area contributed by atoms with Crippen molar-refractivity contribution in [2.75, 3.05) is 13.1 Å². The first-order valence-corrected chi connectivity index (χ1v) is 6.15. The van der Waals surface area contributed by atoms with Crippen molar-refractivity contribution in [1.82, 2.24) is 15.3 Å². The Morgan fingerprint density at radius 1 is 1.17 bits per heavy atom. The van der Waals surface area contributed by atoms with Crippen molar-refractivity contribution in [1.29, 1.82) is 0 Å². The van der Waals surface area contributed by atoms with Gasteiger partial charge in [-0.05, 0) is 18.2 Å². The Hall–Kier alpha value is -1.65. The summed E-state index contributed by atoms with van der Waals surface area (Å²) in [6, 6.07) is 7.24. The third kappa shape index (κ3) is 2.44. The van der Waals surface area contributed by atoms with E-state index >= 15 is 0 Å². The zero-order valence-electron chi connectivity index (χ0n) is 9.64. The standard InChI is InChI=1S/C13H12ClN3O/c14-10-2-1-3-11(4-10)18-12-7-16-13(17-8-12)9-5-15-6-9/h1-4,7-9,15H,5-6H2. The van der Waals surface area contributed by atoms with E-state index in [0.29, 0.717) is 22.4 Å². The lowest BCUT2D eigenvalue weighted by molar-refractivity contribution is 0.424. The number of halogens is 1. The fraction of sp³-hybridized carbons (Fsp3) is 0.231. The van der Waals surface area contributed by atoms with Crippen LogP contribution in [-0.2, 0) is 0 Å². The molecule has 1 saturated heterocycles. The van der Waals surface area contributed by atoms with Crippen molar-refractivity contribution in [3.63, 3.8) is 0 Å². The summed E-state index contributed by atoms with van der Waals surface area (Å²) in [5, 5.41) is 3.84. The number of ether oxygens (including phenoxy) is 1. The molecule has 1 aromatic carbocycles. The molecule has 0 bridgehead atoms. The first-order chi connectivity index (χ1) is 8.81. The molecule has 0 aliphatic carbocycles. The van der Waals surface area contributed by atoms with Crippen LogP contribution in [0.4, 0.5) is 0 Å². The van der Waals surface area contributed by atoms with Gasteiger partial charge >= 0.3 is 0 Å². The second kappa shape index (κ2) is 4.92. The highest BCUT2D eigenvalue weighted by molar-refractivity contribution is 6.30. The molecule has 0 atom stereocenters. The molecule has 2 heterocycles. The van der Waals surface area contributed by atoms with Gasteiger partial charge in [0.1, 0.15) is 11.6 Å². The highest BCUT2D eigenvalue weighted by Gasteiger charge is 2.21. The zero-order chi connectivity index (χ0) is 12.4. The molecule has 0 spiro atoms. The second-order valence-corrected chi connectivity index (χ2v) is 4.63. The lowest BCUT2D eigenvalue weighted by atomic mass is 10.0. The van der Waals surface area contributed by atoms with E-state index in [9.17, 15) is 0 Å². The normalized spacial score (nSPS) is 15.2. The highest BCUT2D eigenvalue weighted by atomic mass is 35.5. The molecular formula is C13H12ClN3O. The van der Waals surface area contributed by atoms with E-state index < -0.39 is 0 Å². The largest absolute Gasteiger partial charge is 0.454 e. The summed E-state index contributed by atoms with van der Waals surface area (Å²) >= 11 is 5.89. The molecule has 1 aliphatic rings. The predicted molar refractivity (Wildman–Crippen MR) is 69.2 cm³/mol. The van der Waals surface area contributed by atoms with Crippen molar-refractivity contribution in [3.05, 3.63) is 47.5 Å². The van der Waals surface area contributed by atoms with E-state index in [2.05, 4.69) is 15.3 Å². The van der Waals surface area contributed by atoms with Crippen molar-refractivity contribution < 1.29 is 4.74 Å². The van der Waals surface area contributed by atoms with Gasteiger partial charge in [-0.2, -0.15) is 0 Å². The molecule has 0 radical (unpaired) electrons. The third-order valence-corrected chi connectivity index (χ3v) is 3.06. The Morgan fingerprint density at radius 3 is 2.56 bits per heavy atom. The predicted octanol–water partition coefficient (Wildman–Crippen LogP) is 2.61. The Kier molecular flexibility index (Phi) is 3.13. The topological polar surface area (TPSA) is 47.0 Å². The maximum atomic E-state index is 5.89. The number of hydrogen-bond acceptors (Lipinski definition) is 4. The van der Waals surface area contributed by atoms with E-state index in [4.69, 9.17) is 16.3 Å². The summed E-state index contributed by atoms with van der Waals surface area (Å²) in [5.41, 5.74) is 0. The number of rotatable bonds is 3. The average Bonchev–Trinajstić information content (AvgIpc) is 2.29. The van der Waals surface area contributed by atoms with E-state index in [1.807, 2.05) is 12.1 Å². The molecule has 1 aliphatic heterocycles. The second-order valence-electron chi connectivity index (χ2n) is 4.19. The molecule has 0 unspecified atom stereocenters. The van der Waals surface area contributed by atoms with Gasteiger partial charge in [0, 0.05) is 24.0 Å². The van der Waals surface area contributed by atoms with Crippen LogP contribution >= 0.6 is 11.6 Å². The fourth-order valence-electron chi connectivity index (χ4n) is 1.73. The van der Waals surface area contributed by atoms with Gasteiger partial charge in [0.15, 0.2) is 5.75 Å². The quantitative estimate of drug-likeness (QED) is 0.923. The first-order valence-electron chi connectivity index (χ1n) is 5.77. The first kappa shape index (κ1) is 11.4. The molecule has 1 aromatic heterocycles. The van der Waals surface area contributed by atoms with Crippen molar-refractivity contribution in [3.8, 4) is 11.5 Å². The Balaban J connectivity index is 1.72. The van der Waals surface area contributed by atoms with Crippen LogP contribution in [0, 0.1) is 0 Å². The van der Waals surface area contributed by atoms with Gasteiger partial charge in [-0.25, -0.2) is 9.97 Å². The van der Waals surface area contributed by atoms with Gasteiger partial charge in [0.2, 0.25) is 0 Å². The van der Waals surface area contributed by atoms with Gasteiger partial charge in [-0.15, -0.1) is 0 Å². The van der Waals surface area contributed by atoms with Gasteiger partial charge in [-0.1, -0.05) is 17.7 Å². The van der Waals surface area contributed by atoms with Crippen LogP contribution in [0.3, 0.4) is 0 Å². The maximum absolute atomic E-state index is 5.89. The molecule has 1 N–H and O–H groups in total. The van der Waals surface area contributed by atoms with Crippen LogP contribution in [0.15, 0.2) is 36.7 Å². The smallest absolute Gasteiger partial charge is 0.164 e. The summed E-state index contributed by atoms with van der Waals surface area (Å²) in [4.78, 5) is 8.62. The van der Waals surface area contributed by atoms with Crippen molar-refractivity contribution >= 4 is 11.6 Å². The molecular weight excluding hydrogens is 250 g/mol. The Morgan fingerprint density at radius 2 is 1.94 bits per heavy atom. The third-order valence-electron chi connectivity index (χ3n) is 2.83. The Labute approximate surface area is 110 Å². The maximum Gasteiger partial charge on any atom is 0.164 e. The fourth-order valence-corrected chi connectivity index (χ4v) is 1.91. The lowest BCUT2D eigenvalue weighted by Gasteiger charge is -2.25. The van der Waals surface area contributed by atoms with Gasteiger partial charge in [0.25, 0.3) is 0 Å². The minimum atomic E-state index is 0.435. The molecule has 2 aromatic rings. The zero-order valence-corrected chi connectivity index (χ0v) is 10.4. The van der Waals surface area contributed by atoms with Crippen LogP contribution in [0.5, 0.6) is 11.5 Å². The number of aromatic nitrogens is 2. The number of nitrogens with one attached hydrogen (secondary N) is 1. The van der Waals surface area contributed by atoms with Crippen LogP contribution in [0.25, 0.3) is 0 Å². The summed E-state index contributed by atoms with van der Waals surface area (Å²) in [5.74, 6) is 2.61. The van der Waals surface area contributed by atoms with Gasteiger partial charge in [-0.3, -0.25) is 0 Å². The summed E-state index contributed by atoms with van der Waals surface area (Å²) in [6.45, 7) is 1.91. The SMILES string of the molecule is Clc1cccc(Oc2cnc(C3CNC3)nc2)c1. The van der Waals surface area contributed by atoms with Crippen LogP contribution < -0.4 is 10.1 Å². The number of hydrogen-bond donors (Lipinski definition) is 1. The Bertz CT molecular complexity index is 540. The minimum absolute atomic E-state index is 0.435. The van der Waals surface area contributed by atoms with E-state index in [1.54, 1.807) is 24.5 Å². The number of benzene rings is 1. The molecule has 18 heavy (non-hydrogen) atoms. The van der Waals surface area contributed by atoms with Crippen LogP contribution in [0.2, 0.25) is 5.02 Å².